The summed E-state index contributed by atoms with van der Waals surface area (Å²) in [6.45, 7) is -0.111. The van der Waals surface area contributed by atoms with Crippen molar-refractivity contribution in [3.05, 3.63) is 12.1 Å². The van der Waals surface area contributed by atoms with Crippen LogP contribution in [0.15, 0.2) is 21.9 Å². The SMILES string of the molecule is COC1(CO)CCN(c2ccc(S(=O)(=O)NC[C@H](O)CN)c(S(N)(=O)=O)c2-c2nn[nH]n2)CC1. The first kappa shape index (κ1) is 26.4. The molecule has 190 valence electrons. The van der Waals surface area contributed by atoms with Crippen LogP contribution >= 0.6 is 0 Å². The number of nitrogens with zero attached hydrogens (tertiary/aromatic N) is 4. The van der Waals surface area contributed by atoms with E-state index in [0.717, 1.165) is 6.07 Å². The average molecular weight is 521 g/mol. The molecule has 34 heavy (non-hydrogen) atoms. The van der Waals surface area contributed by atoms with Gasteiger partial charge in [0, 0.05) is 39.0 Å². The summed E-state index contributed by atoms with van der Waals surface area (Å²) in [5, 5.41) is 38.2. The molecule has 0 spiro atoms. The van der Waals surface area contributed by atoms with Gasteiger partial charge in [0.15, 0.2) is 0 Å². The summed E-state index contributed by atoms with van der Waals surface area (Å²) >= 11 is 0. The number of aliphatic hydroxyl groups is 2. The number of methoxy groups -OCH3 is 1. The number of sulfonamides is 2. The van der Waals surface area contributed by atoms with Crippen LogP contribution in [0.3, 0.4) is 0 Å². The molecule has 0 radical (unpaired) electrons. The molecule has 8 N–H and O–H groups in total. The second kappa shape index (κ2) is 10.2. The highest BCUT2D eigenvalue weighted by atomic mass is 32.2. The van der Waals surface area contributed by atoms with Crippen LogP contribution in [-0.4, -0.2) is 99.3 Å². The van der Waals surface area contributed by atoms with E-state index in [9.17, 15) is 27.0 Å². The molecule has 1 saturated heterocycles. The maximum atomic E-state index is 13.0. The van der Waals surface area contributed by atoms with E-state index < -0.39 is 48.1 Å². The molecule has 0 saturated carbocycles. The molecule has 1 aromatic heterocycles. The van der Waals surface area contributed by atoms with E-state index in [4.69, 9.17) is 15.6 Å². The topological polar surface area (TPSA) is 240 Å². The zero-order valence-electron chi connectivity index (χ0n) is 18.4. The summed E-state index contributed by atoms with van der Waals surface area (Å²) in [4.78, 5) is 0.447. The largest absolute Gasteiger partial charge is 0.393 e. The van der Waals surface area contributed by atoms with Crippen molar-refractivity contribution in [2.75, 3.05) is 44.8 Å². The number of aromatic nitrogens is 4. The average Bonchev–Trinajstić information content (AvgIpc) is 3.36. The fraction of sp³-hybridized carbons (Fsp3) is 0.588. The summed E-state index contributed by atoms with van der Waals surface area (Å²) in [5.41, 5.74) is 4.75. The third-order valence-corrected chi connectivity index (χ3v) is 8.35. The Morgan fingerprint density at radius 1 is 1.29 bits per heavy atom. The summed E-state index contributed by atoms with van der Waals surface area (Å²) < 4.78 is 59.0. The molecular weight excluding hydrogens is 492 g/mol. The lowest BCUT2D eigenvalue weighted by atomic mass is 9.91. The number of benzene rings is 1. The van der Waals surface area contributed by atoms with Gasteiger partial charge in [-0.3, -0.25) is 0 Å². The highest BCUT2D eigenvalue weighted by Gasteiger charge is 2.37. The summed E-state index contributed by atoms with van der Waals surface area (Å²) in [5.74, 6) is -0.177. The van der Waals surface area contributed by atoms with Crippen molar-refractivity contribution in [1.29, 1.82) is 0 Å². The van der Waals surface area contributed by atoms with Gasteiger partial charge in [-0.2, -0.15) is 5.21 Å². The van der Waals surface area contributed by atoms with Gasteiger partial charge in [0.05, 0.1) is 23.9 Å². The number of ether oxygens (including phenoxy) is 1. The lowest BCUT2D eigenvalue weighted by Gasteiger charge is -2.41. The standard InChI is InChI=1S/C17H28N8O7S2/c1-32-17(10-26)4-6-25(7-5-17)12-2-3-13(34(30,31)20-9-11(27)8-18)15(33(19,28)29)14(12)16-21-23-24-22-16/h2-3,11,20,26-27H,4-10,18H2,1H3,(H2,19,28,29)(H,21,22,23,24)/t11-/m1/s1. The zero-order valence-corrected chi connectivity index (χ0v) is 20.0. The Morgan fingerprint density at radius 3 is 2.47 bits per heavy atom. The Kier molecular flexibility index (Phi) is 7.88. The first-order valence-corrected chi connectivity index (χ1v) is 13.2. The summed E-state index contributed by atoms with van der Waals surface area (Å²) in [6.07, 6.45) is -0.325. The number of hydrogen-bond acceptors (Lipinski definition) is 12. The first-order valence-electron chi connectivity index (χ1n) is 10.2. The minimum Gasteiger partial charge on any atom is -0.393 e. The zero-order chi connectivity index (χ0) is 25.1. The highest BCUT2D eigenvalue weighted by molar-refractivity contribution is 7.92. The van der Waals surface area contributed by atoms with E-state index >= 15 is 0 Å². The molecule has 1 fully saturated rings. The Bertz CT molecular complexity index is 1190. The predicted octanol–water partition coefficient (Wildman–Crippen LogP) is -2.91. The second-order valence-corrected chi connectivity index (χ2v) is 11.1. The fourth-order valence-electron chi connectivity index (χ4n) is 3.74. The van der Waals surface area contributed by atoms with Gasteiger partial charge >= 0.3 is 0 Å². The molecule has 2 heterocycles. The van der Waals surface area contributed by atoms with Gasteiger partial charge in [-0.25, -0.2) is 26.7 Å². The van der Waals surface area contributed by atoms with Crippen LogP contribution in [0.1, 0.15) is 12.8 Å². The molecule has 3 rings (SSSR count). The third-order valence-electron chi connectivity index (χ3n) is 5.76. The van der Waals surface area contributed by atoms with Gasteiger partial charge < -0.3 is 25.6 Å². The van der Waals surface area contributed by atoms with Crippen molar-refractivity contribution in [3.63, 3.8) is 0 Å². The van der Waals surface area contributed by atoms with Crippen LogP contribution in [0, 0.1) is 0 Å². The van der Waals surface area contributed by atoms with Crippen LogP contribution in [0.4, 0.5) is 5.69 Å². The van der Waals surface area contributed by atoms with Gasteiger partial charge in [0.2, 0.25) is 25.9 Å². The Morgan fingerprint density at radius 2 is 1.97 bits per heavy atom. The Balaban J connectivity index is 2.17. The van der Waals surface area contributed by atoms with Crippen LogP contribution in [0.25, 0.3) is 11.4 Å². The van der Waals surface area contributed by atoms with E-state index in [0.29, 0.717) is 31.6 Å². The lowest BCUT2D eigenvalue weighted by molar-refractivity contribution is -0.0672. The molecule has 1 atom stereocenters. The quantitative estimate of drug-likeness (QED) is 0.185. The summed E-state index contributed by atoms with van der Waals surface area (Å²) in [7, 11) is -7.58. The number of aromatic amines is 1. The molecule has 2 aromatic rings. The number of hydrogen-bond donors (Lipinski definition) is 6. The number of primary sulfonamides is 1. The highest BCUT2D eigenvalue weighted by Crippen LogP contribution is 2.40. The number of H-pyrrole nitrogens is 1. The molecule has 17 heteroatoms. The third kappa shape index (κ3) is 5.36. The molecule has 0 amide bonds. The minimum absolute atomic E-state index is 0.146. The van der Waals surface area contributed by atoms with Crippen molar-refractivity contribution in [2.45, 2.75) is 34.3 Å². The maximum Gasteiger partial charge on any atom is 0.242 e. The van der Waals surface area contributed by atoms with Gasteiger partial charge in [0.1, 0.15) is 9.79 Å². The number of rotatable bonds is 10. The van der Waals surface area contributed by atoms with Gasteiger partial charge in [-0.05, 0) is 30.2 Å². The van der Waals surface area contributed by atoms with Crippen LogP contribution in [0.2, 0.25) is 0 Å². The number of aliphatic hydroxyl groups excluding tert-OH is 2. The van der Waals surface area contributed by atoms with Crippen LogP contribution in [-0.2, 0) is 24.8 Å². The van der Waals surface area contributed by atoms with Crippen molar-refractivity contribution < 1.29 is 31.8 Å². The number of piperidine rings is 1. The van der Waals surface area contributed by atoms with Crippen molar-refractivity contribution >= 4 is 25.7 Å². The second-order valence-electron chi connectivity index (χ2n) is 7.84. The summed E-state index contributed by atoms with van der Waals surface area (Å²) in [6, 6.07) is 2.53. The molecular formula is C17H28N8O7S2. The van der Waals surface area contributed by atoms with Gasteiger partial charge in [0.25, 0.3) is 0 Å². The first-order chi connectivity index (χ1) is 16.0. The monoisotopic (exact) mass is 520 g/mol. The lowest BCUT2D eigenvalue weighted by Crippen LogP contribution is -2.48. The number of nitrogens with one attached hydrogen (secondary N) is 2. The number of anilines is 1. The fourth-order valence-corrected chi connectivity index (χ4v) is 6.41. The molecule has 1 aliphatic rings. The van der Waals surface area contributed by atoms with Crippen molar-refractivity contribution in [2.24, 2.45) is 10.9 Å². The molecule has 0 unspecified atom stereocenters. The van der Waals surface area contributed by atoms with E-state index in [1.165, 1.54) is 13.2 Å². The maximum absolute atomic E-state index is 13.0. The number of nitrogens with two attached hydrogens (primary N) is 2. The van der Waals surface area contributed by atoms with Crippen molar-refractivity contribution in [1.82, 2.24) is 25.3 Å². The van der Waals surface area contributed by atoms with Gasteiger partial charge in [-0.1, -0.05) is 0 Å². The molecule has 15 nitrogen and oxygen atoms in total. The molecule has 1 aromatic carbocycles. The van der Waals surface area contributed by atoms with E-state index in [1.807, 2.05) is 0 Å². The van der Waals surface area contributed by atoms with E-state index in [2.05, 4.69) is 25.3 Å². The smallest absolute Gasteiger partial charge is 0.242 e. The predicted molar refractivity (Wildman–Crippen MR) is 120 cm³/mol. The van der Waals surface area contributed by atoms with E-state index in [1.54, 1.807) is 4.90 Å². The minimum atomic E-state index is -4.63. The Labute approximate surface area is 196 Å². The van der Waals surface area contributed by atoms with E-state index in [-0.39, 0.29) is 24.5 Å². The molecule has 0 aliphatic carbocycles. The Hall–Kier alpha value is -2.25. The van der Waals surface area contributed by atoms with Crippen LogP contribution in [0.5, 0.6) is 0 Å². The van der Waals surface area contributed by atoms with Crippen LogP contribution < -0.4 is 20.5 Å². The number of tetrazole rings is 1. The molecule has 1 aliphatic heterocycles. The normalized spacial score (nSPS) is 17.6. The van der Waals surface area contributed by atoms with Gasteiger partial charge in [-0.15, -0.1) is 10.2 Å². The van der Waals surface area contributed by atoms with Crippen molar-refractivity contribution in [3.8, 4) is 11.4 Å². The molecule has 0 bridgehead atoms.